The monoisotopic (exact) mass is 271 g/mol. The molecule has 0 spiro atoms. The van der Waals surface area contributed by atoms with E-state index < -0.39 is 0 Å². The van der Waals surface area contributed by atoms with Crippen LogP contribution in [0.5, 0.6) is 11.5 Å². The fraction of sp³-hybridized carbons (Fsp3) is 0.571. The SMILES string of the molecule is CCCOc1cc(OCCC)c(CCN)cc1Cl. The summed E-state index contributed by atoms with van der Waals surface area (Å²) in [5.74, 6) is 1.52. The highest BCUT2D eigenvalue weighted by molar-refractivity contribution is 6.32. The first-order chi connectivity index (χ1) is 8.72. The number of hydrogen-bond acceptors (Lipinski definition) is 3. The number of benzene rings is 1. The molecule has 1 aromatic carbocycles. The first kappa shape index (κ1) is 15.1. The van der Waals surface area contributed by atoms with Crippen LogP contribution in [-0.4, -0.2) is 19.8 Å². The first-order valence-electron chi connectivity index (χ1n) is 6.51. The number of hydrogen-bond donors (Lipinski definition) is 1. The van der Waals surface area contributed by atoms with Gasteiger partial charge in [-0.25, -0.2) is 0 Å². The Hall–Kier alpha value is -0.930. The Morgan fingerprint density at radius 1 is 1.06 bits per heavy atom. The smallest absolute Gasteiger partial charge is 0.141 e. The van der Waals surface area contributed by atoms with Gasteiger partial charge >= 0.3 is 0 Å². The summed E-state index contributed by atoms with van der Waals surface area (Å²) in [4.78, 5) is 0. The van der Waals surface area contributed by atoms with Gasteiger partial charge in [-0.15, -0.1) is 0 Å². The van der Waals surface area contributed by atoms with Crippen LogP contribution in [0.4, 0.5) is 0 Å². The third-order valence-corrected chi connectivity index (χ3v) is 2.75. The molecule has 3 nitrogen and oxygen atoms in total. The lowest BCUT2D eigenvalue weighted by atomic mass is 10.1. The van der Waals surface area contributed by atoms with E-state index in [2.05, 4.69) is 13.8 Å². The number of halogens is 1. The van der Waals surface area contributed by atoms with Crippen molar-refractivity contribution in [3.63, 3.8) is 0 Å². The average Bonchev–Trinajstić information content (AvgIpc) is 2.37. The molecule has 0 bridgehead atoms. The highest BCUT2D eigenvalue weighted by Crippen LogP contribution is 2.33. The van der Waals surface area contributed by atoms with Gasteiger partial charge in [-0.2, -0.15) is 0 Å². The second-order valence-electron chi connectivity index (χ2n) is 4.13. The van der Waals surface area contributed by atoms with Gasteiger partial charge in [0.25, 0.3) is 0 Å². The van der Waals surface area contributed by atoms with Crippen molar-refractivity contribution in [2.45, 2.75) is 33.1 Å². The summed E-state index contributed by atoms with van der Waals surface area (Å²) in [6.07, 6.45) is 2.68. The summed E-state index contributed by atoms with van der Waals surface area (Å²) >= 11 is 6.19. The fourth-order valence-corrected chi connectivity index (χ4v) is 1.84. The van der Waals surface area contributed by atoms with Crippen LogP contribution in [0.15, 0.2) is 12.1 Å². The summed E-state index contributed by atoms with van der Waals surface area (Å²) in [7, 11) is 0. The molecule has 0 saturated carbocycles. The molecule has 0 unspecified atom stereocenters. The lowest BCUT2D eigenvalue weighted by Gasteiger charge is -2.14. The van der Waals surface area contributed by atoms with Crippen molar-refractivity contribution in [1.29, 1.82) is 0 Å². The molecule has 0 aromatic heterocycles. The van der Waals surface area contributed by atoms with Crippen molar-refractivity contribution < 1.29 is 9.47 Å². The van der Waals surface area contributed by atoms with Gasteiger partial charge in [-0.3, -0.25) is 0 Å². The van der Waals surface area contributed by atoms with Gasteiger partial charge in [-0.1, -0.05) is 25.4 Å². The average molecular weight is 272 g/mol. The lowest BCUT2D eigenvalue weighted by molar-refractivity contribution is 0.299. The van der Waals surface area contributed by atoms with Crippen LogP contribution in [-0.2, 0) is 6.42 Å². The van der Waals surface area contributed by atoms with Gasteiger partial charge in [0.05, 0.1) is 18.2 Å². The second kappa shape index (κ2) is 8.22. The van der Waals surface area contributed by atoms with Gasteiger partial charge in [-0.05, 0) is 37.4 Å². The molecule has 0 heterocycles. The van der Waals surface area contributed by atoms with Crippen molar-refractivity contribution in [2.75, 3.05) is 19.8 Å². The minimum absolute atomic E-state index is 0.577. The van der Waals surface area contributed by atoms with Crippen LogP contribution in [0.1, 0.15) is 32.3 Å². The quantitative estimate of drug-likeness (QED) is 0.788. The maximum atomic E-state index is 6.19. The maximum absolute atomic E-state index is 6.19. The lowest BCUT2D eigenvalue weighted by Crippen LogP contribution is -2.07. The number of ether oxygens (including phenoxy) is 2. The molecule has 0 aliphatic heterocycles. The molecule has 0 fully saturated rings. The van der Waals surface area contributed by atoms with Crippen molar-refractivity contribution in [2.24, 2.45) is 5.73 Å². The van der Waals surface area contributed by atoms with Gasteiger partial charge in [0.15, 0.2) is 0 Å². The predicted octanol–water partition coefficient (Wildman–Crippen LogP) is 3.42. The van der Waals surface area contributed by atoms with Crippen LogP contribution in [0.25, 0.3) is 0 Å². The molecular weight excluding hydrogens is 250 g/mol. The summed E-state index contributed by atoms with van der Waals surface area (Å²) < 4.78 is 11.3. The van der Waals surface area contributed by atoms with Crippen molar-refractivity contribution in [3.05, 3.63) is 22.7 Å². The van der Waals surface area contributed by atoms with E-state index in [0.717, 1.165) is 30.6 Å². The number of rotatable bonds is 8. The van der Waals surface area contributed by atoms with E-state index in [9.17, 15) is 0 Å². The van der Waals surface area contributed by atoms with Gasteiger partial charge < -0.3 is 15.2 Å². The molecule has 1 rings (SSSR count). The van der Waals surface area contributed by atoms with Gasteiger partial charge in [0.1, 0.15) is 11.5 Å². The fourth-order valence-electron chi connectivity index (χ4n) is 1.60. The molecule has 18 heavy (non-hydrogen) atoms. The van der Waals surface area contributed by atoms with Crippen molar-refractivity contribution >= 4 is 11.6 Å². The topological polar surface area (TPSA) is 44.5 Å². The molecule has 0 saturated heterocycles. The summed E-state index contributed by atoms with van der Waals surface area (Å²) in [6.45, 7) is 6.06. The van der Waals surface area contributed by atoms with E-state index in [1.165, 1.54) is 0 Å². The summed E-state index contributed by atoms with van der Waals surface area (Å²) in [5, 5.41) is 0.621. The van der Waals surface area contributed by atoms with Crippen LogP contribution in [0, 0.1) is 0 Å². The van der Waals surface area contributed by atoms with Crippen LogP contribution in [0.3, 0.4) is 0 Å². The standard InChI is InChI=1S/C14H22ClNO2/c1-3-7-17-13-10-14(18-8-4-2)12(15)9-11(13)5-6-16/h9-10H,3-8,16H2,1-2H3. The van der Waals surface area contributed by atoms with Gasteiger partial charge in [0.2, 0.25) is 0 Å². The van der Waals surface area contributed by atoms with E-state index >= 15 is 0 Å². The summed E-state index contributed by atoms with van der Waals surface area (Å²) in [5.41, 5.74) is 6.64. The van der Waals surface area contributed by atoms with E-state index in [4.69, 9.17) is 26.8 Å². The molecule has 102 valence electrons. The zero-order valence-corrected chi connectivity index (χ0v) is 11.9. The highest BCUT2D eigenvalue weighted by atomic mass is 35.5. The first-order valence-corrected chi connectivity index (χ1v) is 6.88. The summed E-state index contributed by atoms with van der Waals surface area (Å²) in [6, 6.07) is 3.77. The third kappa shape index (κ3) is 4.39. The Kier molecular flexibility index (Phi) is 6.91. The van der Waals surface area contributed by atoms with E-state index in [1.54, 1.807) is 0 Å². The molecule has 0 atom stereocenters. The van der Waals surface area contributed by atoms with Crippen LogP contribution < -0.4 is 15.2 Å². The highest BCUT2D eigenvalue weighted by Gasteiger charge is 2.10. The zero-order chi connectivity index (χ0) is 13.4. The molecule has 2 N–H and O–H groups in total. The molecule has 0 aliphatic rings. The molecule has 0 aliphatic carbocycles. The third-order valence-electron chi connectivity index (χ3n) is 2.45. The van der Waals surface area contributed by atoms with Crippen molar-refractivity contribution in [1.82, 2.24) is 0 Å². The Balaban J connectivity index is 2.93. The predicted molar refractivity (Wildman–Crippen MR) is 75.8 cm³/mol. The van der Waals surface area contributed by atoms with Gasteiger partial charge in [0, 0.05) is 6.07 Å². The zero-order valence-electron chi connectivity index (χ0n) is 11.2. The number of nitrogens with two attached hydrogens (primary N) is 1. The van der Waals surface area contributed by atoms with Crippen molar-refractivity contribution in [3.8, 4) is 11.5 Å². The second-order valence-corrected chi connectivity index (χ2v) is 4.53. The van der Waals surface area contributed by atoms with E-state index in [1.807, 2.05) is 12.1 Å². The Labute approximate surface area is 114 Å². The largest absolute Gasteiger partial charge is 0.493 e. The minimum atomic E-state index is 0.577. The van der Waals surface area contributed by atoms with E-state index in [-0.39, 0.29) is 0 Å². The molecule has 4 heteroatoms. The normalized spacial score (nSPS) is 10.4. The molecule has 0 amide bonds. The Bertz CT molecular complexity index is 369. The molecule has 1 aromatic rings. The Morgan fingerprint density at radius 2 is 1.67 bits per heavy atom. The molecule has 0 radical (unpaired) electrons. The van der Waals surface area contributed by atoms with E-state index in [0.29, 0.717) is 30.5 Å². The molecular formula is C14H22ClNO2. The van der Waals surface area contributed by atoms with Crippen LogP contribution >= 0.6 is 11.6 Å². The van der Waals surface area contributed by atoms with Crippen LogP contribution in [0.2, 0.25) is 5.02 Å². The Morgan fingerprint density at radius 3 is 2.22 bits per heavy atom. The maximum Gasteiger partial charge on any atom is 0.141 e. The minimum Gasteiger partial charge on any atom is -0.493 e.